The second-order valence-electron chi connectivity index (χ2n) is 30.8. The number of nitrogens with zero attached hydrogens (tertiary/aromatic N) is 5. The van der Waals surface area contributed by atoms with Crippen LogP contribution < -0.4 is 14.4 Å². The topological polar surface area (TPSA) is 132 Å². The zero-order valence-electron chi connectivity index (χ0n) is 66.9. The van der Waals surface area contributed by atoms with Crippen LogP contribution in [0, 0.1) is 75.7 Å². The van der Waals surface area contributed by atoms with E-state index in [1.807, 2.05) is 30.3 Å². The Labute approximate surface area is 680 Å². The minimum Gasteiger partial charge on any atom is -0.492 e. The highest BCUT2D eigenvalue weighted by Crippen LogP contribution is 2.64. The molecule has 10 rings (SSSR count). The third kappa shape index (κ3) is 20.7. The molecule has 1 aliphatic heterocycles. The number of halogens is 4. The fourth-order valence-electron chi connectivity index (χ4n) is 16.3. The number of rotatable bonds is 46. The first-order chi connectivity index (χ1) is 54.6. The lowest BCUT2D eigenvalue weighted by Gasteiger charge is -2.49. The first-order valence-electron chi connectivity index (χ1n) is 41.9. The summed E-state index contributed by atoms with van der Waals surface area (Å²) in [5, 5.41) is 31.2. The molecule has 0 N–H and O–H groups in total. The molecule has 4 aromatic heterocycles. The summed E-state index contributed by atoms with van der Waals surface area (Å²) < 4.78 is 75.0. The van der Waals surface area contributed by atoms with E-state index in [0.29, 0.717) is 34.5 Å². The fourth-order valence-corrected chi connectivity index (χ4v) is 21.2. The number of thiophene rings is 4. The van der Waals surface area contributed by atoms with Crippen molar-refractivity contribution in [3.05, 3.63) is 173 Å². The quantitative estimate of drug-likeness (QED) is 0.0121. The molecular formula is C95H111F4N5O4S4. The minimum absolute atomic E-state index is 0.00775. The van der Waals surface area contributed by atoms with Crippen LogP contribution in [-0.4, -0.2) is 24.8 Å². The Hall–Kier alpha value is -8.16. The van der Waals surface area contributed by atoms with E-state index < -0.39 is 51.6 Å². The van der Waals surface area contributed by atoms with E-state index in [9.17, 15) is 25.4 Å². The molecule has 0 saturated heterocycles. The van der Waals surface area contributed by atoms with Crippen molar-refractivity contribution in [2.75, 3.05) is 18.1 Å². The van der Waals surface area contributed by atoms with Gasteiger partial charge in [0.05, 0.1) is 61.5 Å². The molecule has 17 heteroatoms. The Bertz CT molecular complexity index is 4650. The molecule has 7 aromatic rings. The predicted octanol–water partition coefficient (Wildman–Crippen LogP) is 30.3. The number of hydrogen-bond acceptors (Lipinski definition) is 12. The van der Waals surface area contributed by atoms with Gasteiger partial charge < -0.3 is 14.4 Å². The average Bonchev–Trinajstić information content (AvgIpc) is 1.51. The van der Waals surface area contributed by atoms with Crippen molar-refractivity contribution >= 4 is 91.6 Å². The third-order valence-corrected chi connectivity index (χ3v) is 27.7. The number of ketones is 2. The summed E-state index contributed by atoms with van der Waals surface area (Å²) in [6, 6.07) is 27.3. The highest BCUT2D eigenvalue weighted by atomic mass is 32.1. The van der Waals surface area contributed by atoms with Crippen molar-refractivity contribution in [2.45, 2.75) is 279 Å². The van der Waals surface area contributed by atoms with Gasteiger partial charge in [0.2, 0.25) is 0 Å². The number of fused-ring (bicyclic) bond motifs is 5. The molecule has 5 heterocycles. The van der Waals surface area contributed by atoms with Crippen molar-refractivity contribution in [1.29, 1.82) is 15.8 Å². The van der Waals surface area contributed by atoms with Crippen LogP contribution in [0.3, 0.4) is 0 Å². The normalized spacial score (nSPS) is 15.1. The molecule has 3 aromatic carbocycles. The lowest BCUT2D eigenvalue weighted by molar-refractivity contribution is 0.103. The maximum atomic E-state index is 15.2. The Morgan fingerprint density at radius 1 is 0.482 bits per heavy atom. The number of aryl methyl sites for hydroxylation is 1. The summed E-state index contributed by atoms with van der Waals surface area (Å²) >= 11 is 6.28. The number of benzene rings is 3. The number of allylic oxidation sites excluding steroid dienone is 6. The Morgan fingerprint density at radius 3 is 1.33 bits per heavy atom. The molecule has 0 spiro atoms. The van der Waals surface area contributed by atoms with Gasteiger partial charge in [0.25, 0.3) is 5.70 Å². The van der Waals surface area contributed by atoms with Gasteiger partial charge in [-0.25, -0.2) is 27.7 Å². The number of anilines is 2. The third-order valence-electron chi connectivity index (χ3n) is 22.8. The summed E-state index contributed by atoms with van der Waals surface area (Å²) in [6.07, 6.45) is 42.1. The molecule has 3 aliphatic rings. The summed E-state index contributed by atoms with van der Waals surface area (Å²) in [5.74, 6) is -4.35. The number of nitriles is 3. The second kappa shape index (κ2) is 42.8. The van der Waals surface area contributed by atoms with Gasteiger partial charge in [0, 0.05) is 53.7 Å². The largest absolute Gasteiger partial charge is 0.492 e. The Kier molecular flexibility index (Phi) is 33.0. The monoisotopic (exact) mass is 1590 g/mol. The first kappa shape index (κ1) is 86.3. The van der Waals surface area contributed by atoms with E-state index in [-0.39, 0.29) is 56.4 Å². The number of ether oxygens (including phenoxy) is 2. The van der Waals surface area contributed by atoms with Crippen LogP contribution in [-0.2, 0) is 12.0 Å². The van der Waals surface area contributed by atoms with E-state index in [2.05, 4.69) is 94.6 Å². The summed E-state index contributed by atoms with van der Waals surface area (Å²) in [6.45, 7) is 24.4. The van der Waals surface area contributed by atoms with Gasteiger partial charge in [-0.05, 0) is 145 Å². The van der Waals surface area contributed by atoms with Crippen molar-refractivity contribution < 1.29 is 36.6 Å². The highest BCUT2D eigenvalue weighted by Gasteiger charge is 2.48. The maximum absolute atomic E-state index is 15.2. The second-order valence-corrected chi connectivity index (χ2v) is 35.1. The Morgan fingerprint density at radius 2 is 0.893 bits per heavy atom. The van der Waals surface area contributed by atoms with Gasteiger partial charge in [-0.15, -0.1) is 45.3 Å². The molecule has 9 nitrogen and oxygen atoms in total. The molecule has 2 unspecified atom stereocenters. The van der Waals surface area contributed by atoms with Gasteiger partial charge in [-0.3, -0.25) is 9.59 Å². The SMILES string of the molecule is [C-]#[N+]/C(C#N)=C1/C(=C/c2cc(OCC(CC)CCCC)c(-c3cc4c(s3)-c3sc(-c5sc(/C=C6\C(=O)c7cc(F)c(F)cc7C6=C(C#N)C#N)cc5OCC(CC)CCCC)cc3C(CCCCCCCCCCCC)(CCCCCCCCCCCC)N4c3ccc(CCCCCC)cc3)s2)C(=O)c2cc(F)c(F)cc21. The smallest absolute Gasteiger partial charge is 0.270 e. The summed E-state index contributed by atoms with van der Waals surface area (Å²) in [7, 11) is 0. The van der Waals surface area contributed by atoms with Crippen LogP contribution in [0.1, 0.15) is 319 Å². The summed E-state index contributed by atoms with van der Waals surface area (Å²) in [5.41, 5.74) is 2.87. The standard InChI is InChI=1S/C95H111F4N5O4S4/c1-9-16-21-24-26-28-30-32-34-37-46-95(47-38-35-33-31-29-27-25-22-17-10-2)76-56-85(93-83(107-61-63(14-6)39-19-12-4)50-68(109-93)48-74-87(66(58-100)59-101)70-52-77(96)79(98)54-72(70)89(74)105)111-91(76)92-82(104(95)67-44-42-65(43-45-67)41-36-23-18-11-3)57-86(112-92)94-84(108-62-64(15-7)40-20-13-5)51-69(110-94)49-75-88(81(60-102)103-8)71-53-78(97)80(99)55-73(71)90(75)106/h42-45,48-57,63-64H,9-41,46-47,61-62H2,1-7H3/b74-48-,75-49-,88-81+. The molecule has 0 saturated carbocycles. The van der Waals surface area contributed by atoms with Gasteiger partial charge in [0.1, 0.15) is 29.2 Å². The molecule has 0 fully saturated rings. The van der Waals surface area contributed by atoms with Crippen LogP contribution in [0.15, 0.2) is 95.2 Å². The first-order valence-corrected chi connectivity index (χ1v) is 45.1. The molecule has 2 atom stereocenters. The average molecular weight is 1590 g/mol. The zero-order chi connectivity index (χ0) is 79.7. The lowest BCUT2D eigenvalue weighted by Crippen LogP contribution is -2.45. The van der Waals surface area contributed by atoms with E-state index in [1.165, 1.54) is 130 Å². The van der Waals surface area contributed by atoms with E-state index in [4.69, 9.17) is 16.0 Å². The molecule has 592 valence electrons. The van der Waals surface area contributed by atoms with Gasteiger partial charge in [0.15, 0.2) is 34.8 Å². The van der Waals surface area contributed by atoms with Crippen LogP contribution in [0.2, 0.25) is 0 Å². The zero-order valence-corrected chi connectivity index (χ0v) is 70.2. The van der Waals surface area contributed by atoms with E-state index in [0.717, 1.165) is 193 Å². The molecule has 0 radical (unpaired) electrons. The number of Topliss-reactive ketones (excluding diaryl/α,β-unsaturated/α-hetero) is 2. The summed E-state index contributed by atoms with van der Waals surface area (Å²) in [4.78, 5) is 42.4. The molecule has 112 heavy (non-hydrogen) atoms. The van der Waals surface area contributed by atoms with E-state index in [1.54, 1.807) is 34.8 Å². The highest BCUT2D eigenvalue weighted by molar-refractivity contribution is 7.29. The predicted molar refractivity (Wildman–Crippen MR) is 457 cm³/mol. The van der Waals surface area contributed by atoms with Crippen molar-refractivity contribution in [2.24, 2.45) is 11.8 Å². The number of hydrogen-bond donors (Lipinski definition) is 0. The van der Waals surface area contributed by atoms with Gasteiger partial charge in [-0.2, -0.15) is 10.5 Å². The van der Waals surface area contributed by atoms with Gasteiger partial charge >= 0.3 is 0 Å². The van der Waals surface area contributed by atoms with Crippen LogP contribution in [0.5, 0.6) is 11.5 Å². The maximum Gasteiger partial charge on any atom is 0.270 e. The molecule has 2 aliphatic carbocycles. The fraction of sp³-hybridized carbons (Fsp3) is 0.495. The number of carbonyl (C=O) groups is 2. The van der Waals surface area contributed by atoms with Gasteiger partial charge in [-0.1, -0.05) is 247 Å². The molecular weight excluding hydrogens is 1480 g/mol. The van der Waals surface area contributed by atoms with Crippen molar-refractivity contribution in [1.82, 2.24) is 0 Å². The Balaban J connectivity index is 1.22. The van der Waals surface area contributed by atoms with Crippen molar-refractivity contribution in [3.63, 3.8) is 0 Å². The molecule has 0 bridgehead atoms. The van der Waals surface area contributed by atoms with Crippen LogP contribution >= 0.6 is 45.3 Å². The molecule has 0 amide bonds. The lowest BCUT2D eigenvalue weighted by atomic mass is 9.75. The van der Waals surface area contributed by atoms with E-state index >= 15 is 17.6 Å². The van der Waals surface area contributed by atoms with Crippen molar-refractivity contribution in [3.8, 4) is 59.0 Å². The number of carbonyl (C=O) groups excluding carboxylic acids is 2. The number of unbranched alkanes of at least 4 members (excludes halogenated alkanes) is 23. The minimum atomic E-state index is -1.21. The van der Waals surface area contributed by atoms with Crippen LogP contribution in [0.25, 0.3) is 57.4 Å². The van der Waals surface area contributed by atoms with Crippen LogP contribution in [0.4, 0.5) is 28.9 Å².